The molecule has 2 nitrogen and oxygen atoms in total. The smallest absolute Gasteiger partial charge is 0.0524 e. The fourth-order valence-corrected chi connectivity index (χ4v) is 2.02. The van der Waals surface area contributed by atoms with Crippen molar-refractivity contribution in [3.63, 3.8) is 0 Å². The standard InChI is InChI=1S/C11H15BrClNO/c1-8(15)4-5-14-7-9-2-3-10(13)6-11(9)12/h2-3,6,8,14-15H,4-5,7H2,1H3/t8-/m0/s1. The molecule has 0 amide bonds. The molecule has 0 aliphatic heterocycles. The van der Waals surface area contributed by atoms with Gasteiger partial charge in [-0.1, -0.05) is 33.6 Å². The van der Waals surface area contributed by atoms with E-state index in [1.54, 1.807) is 6.92 Å². The molecular weight excluding hydrogens is 277 g/mol. The van der Waals surface area contributed by atoms with Gasteiger partial charge in [-0.05, 0) is 37.6 Å². The van der Waals surface area contributed by atoms with Crippen molar-refractivity contribution in [2.75, 3.05) is 6.54 Å². The van der Waals surface area contributed by atoms with E-state index in [0.29, 0.717) is 0 Å². The number of benzene rings is 1. The molecule has 1 rings (SSSR count). The van der Waals surface area contributed by atoms with Crippen LogP contribution in [0, 0.1) is 0 Å². The van der Waals surface area contributed by atoms with Crippen LogP contribution in [0.1, 0.15) is 18.9 Å². The molecule has 84 valence electrons. The van der Waals surface area contributed by atoms with Crippen LogP contribution in [0.25, 0.3) is 0 Å². The third-order valence-electron chi connectivity index (χ3n) is 2.07. The normalized spacial score (nSPS) is 12.8. The maximum atomic E-state index is 9.07. The summed E-state index contributed by atoms with van der Waals surface area (Å²) >= 11 is 9.29. The predicted molar refractivity (Wildman–Crippen MR) is 67.2 cm³/mol. The van der Waals surface area contributed by atoms with Crippen molar-refractivity contribution in [1.29, 1.82) is 0 Å². The molecule has 2 N–H and O–H groups in total. The van der Waals surface area contributed by atoms with Crippen LogP contribution in [0.4, 0.5) is 0 Å². The molecule has 0 heterocycles. The first-order valence-corrected chi connectivity index (χ1v) is 6.09. The van der Waals surface area contributed by atoms with Crippen LogP contribution in [-0.4, -0.2) is 17.8 Å². The van der Waals surface area contributed by atoms with Crippen LogP contribution >= 0.6 is 27.5 Å². The molecule has 0 aliphatic rings. The highest BCUT2D eigenvalue weighted by atomic mass is 79.9. The van der Waals surface area contributed by atoms with Gasteiger partial charge in [0, 0.05) is 16.0 Å². The number of aliphatic hydroxyl groups is 1. The summed E-state index contributed by atoms with van der Waals surface area (Å²) in [6.07, 6.45) is 0.525. The minimum absolute atomic E-state index is 0.244. The van der Waals surface area contributed by atoms with E-state index in [9.17, 15) is 0 Å². The summed E-state index contributed by atoms with van der Waals surface area (Å²) in [5.41, 5.74) is 1.17. The van der Waals surface area contributed by atoms with Gasteiger partial charge in [-0.15, -0.1) is 0 Å². The zero-order chi connectivity index (χ0) is 11.3. The van der Waals surface area contributed by atoms with Gasteiger partial charge in [0.15, 0.2) is 0 Å². The number of nitrogens with one attached hydrogen (secondary N) is 1. The average Bonchev–Trinajstić information content (AvgIpc) is 2.14. The molecule has 0 bridgehead atoms. The molecule has 1 aromatic carbocycles. The van der Waals surface area contributed by atoms with E-state index in [1.165, 1.54) is 5.56 Å². The minimum Gasteiger partial charge on any atom is -0.393 e. The van der Waals surface area contributed by atoms with E-state index in [-0.39, 0.29) is 6.10 Å². The van der Waals surface area contributed by atoms with Gasteiger partial charge in [0.05, 0.1) is 6.10 Å². The molecular formula is C11H15BrClNO. The van der Waals surface area contributed by atoms with Gasteiger partial charge in [-0.3, -0.25) is 0 Å². The van der Waals surface area contributed by atoms with Gasteiger partial charge in [-0.2, -0.15) is 0 Å². The summed E-state index contributed by atoms with van der Waals surface area (Å²) in [6.45, 7) is 3.39. The van der Waals surface area contributed by atoms with E-state index in [4.69, 9.17) is 16.7 Å². The van der Waals surface area contributed by atoms with Crippen LogP contribution < -0.4 is 5.32 Å². The van der Waals surface area contributed by atoms with Crippen molar-refractivity contribution in [3.05, 3.63) is 33.3 Å². The van der Waals surface area contributed by atoms with E-state index in [1.807, 2.05) is 18.2 Å². The Balaban J connectivity index is 2.37. The fourth-order valence-electron chi connectivity index (χ4n) is 1.20. The SMILES string of the molecule is C[C@H](O)CCNCc1ccc(Cl)cc1Br. The van der Waals surface area contributed by atoms with Gasteiger partial charge >= 0.3 is 0 Å². The third kappa shape index (κ3) is 4.98. The second-order valence-corrected chi connectivity index (χ2v) is 4.84. The van der Waals surface area contributed by atoms with Crippen LogP contribution in [0.15, 0.2) is 22.7 Å². The highest BCUT2D eigenvalue weighted by Gasteiger charge is 2.00. The molecule has 0 radical (unpaired) electrons. The van der Waals surface area contributed by atoms with Crippen molar-refractivity contribution < 1.29 is 5.11 Å². The fraction of sp³-hybridized carbons (Fsp3) is 0.455. The van der Waals surface area contributed by atoms with Crippen LogP contribution in [0.2, 0.25) is 5.02 Å². The van der Waals surface area contributed by atoms with Crippen molar-refractivity contribution in [1.82, 2.24) is 5.32 Å². The molecule has 4 heteroatoms. The van der Waals surface area contributed by atoms with Gasteiger partial charge in [-0.25, -0.2) is 0 Å². The lowest BCUT2D eigenvalue weighted by atomic mass is 10.2. The van der Waals surface area contributed by atoms with Crippen LogP contribution in [-0.2, 0) is 6.54 Å². The Morgan fingerprint density at radius 1 is 1.53 bits per heavy atom. The molecule has 0 aliphatic carbocycles. The topological polar surface area (TPSA) is 32.3 Å². The zero-order valence-corrected chi connectivity index (χ0v) is 11.0. The molecule has 1 atom stereocenters. The zero-order valence-electron chi connectivity index (χ0n) is 8.63. The molecule has 0 unspecified atom stereocenters. The summed E-state index contributed by atoms with van der Waals surface area (Å²) in [7, 11) is 0. The summed E-state index contributed by atoms with van der Waals surface area (Å²) in [4.78, 5) is 0. The molecule has 0 saturated carbocycles. The Bertz CT molecular complexity index is 317. The second-order valence-electron chi connectivity index (χ2n) is 3.55. The Labute approximate surface area is 104 Å². The Hall–Kier alpha value is -0.0900. The van der Waals surface area contributed by atoms with E-state index in [2.05, 4.69) is 21.2 Å². The van der Waals surface area contributed by atoms with E-state index in [0.717, 1.165) is 29.0 Å². The lowest BCUT2D eigenvalue weighted by molar-refractivity contribution is 0.183. The molecule has 0 spiro atoms. The van der Waals surface area contributed by atoms with Gasteiger partial charge < -0.3 is 10.4 Å². The first-order chi connectivity index (χ1) is 7.09. The van der Waals surface area contributed by atoms with Gasteiger partial charge in [0.1, 0.15) is 0 Å². The number of rotatable bonds is 5. The second kappa shape index (κ2) is 6.48. The number of aliphatic hydroxyl groups excluding tert-OH is 1. The molecule has 0 fully saturated rings. The van der Waals surface area contributed by atoms with Crippen LogP contribution in [0.3, 0.4) is 0 Å². The summed E-state index contributed by atoms with van der Waals surface area (Å²) in [5, 5.41) is 13.1. The molecule has 15 heavy (non-hydrogen) atoms. The quantitative estimate of drug-likeness (QED) is 0.818. The monoisotopic (exact) mass is 291 g/mol. The first kappa shape index (κ1) is 13.0. The lowest BCUT2D eigenvalue weighted by Crippen LogP contribution is -2.18. The Morgan fingerprint density at radius 3 is 2.87 bits per heavy atom. The molecule has 0 aromatic heterocycles. The largest absolute Gasteiger partial charge is 0.393 e. The van der Waals surface area contributed by atoms with Crippen LogP contribution in [0.5, 0.6) is 0 Å². The molecule has 1 aromatic rings. The summed E-state index contributed by atoms with van der Waals surface area (Å²) in [5.74, 6) is 0. The lowest BCUT2D eigenvalue weighted by Gasteiger charge is -2.08. The van der Waals surface area contributed by atoms with E-state index >= 15 is 0 Å². The van der Waals surface area contributed by atoms with E-state index < -0.39 is 0 Å². The summed E-state index contributed by atoms with van der Waals surface area (Å²) in [6, 6.07) is 5.74. The number of hydrogen-bond acceptors (Lipinski definition) is 2. The molecule has 0 saturated heterocycles. The van der Waals surface area contributed by atoms with Crippen molar-refractivity contribution in [2.45, 2.75) is 26.0 Å². The number of hydrogen-bond donors (Lipinski definition) is 2. The highest BCUT2D eigenvalue weighted by molar-refractivity contribution is 9.10. The first-order valence-electron chi connectivity index (χ1n) is 4.92. The minimum atomic E-state index is -0.244. The maximum absolute atomic E-state index is 9.07. The Morgan fingerprint density at radius 2 is 2.27 bits per heavy atom. The average molecular weight is 293 g/mol. The number of halogens is 2. The Kier molecular flexibility index (Phi) is 5.61. The third-order valence-corrected chi connectivity index (χ3v) is 3.04. The predicted octanol–water partition coefficient (Wildman–Crippen LogP) is 2.96. The van der Waals surface area contributed by atoms with Crippen molar-refractivity contribution in [2.24, 2.45) is 0 Å². The van der Waals surface area contributed by atoms with Crippen molar-refractivity contribution >= 4 is 27.5 Å². The van der Waals surface area contributed by atoms with Crippen molar-refractivity contribution in [3.8, 4) is 0 Å². The maximum Gasteiger partial charge on any atom is 0.0524 e. The van der Waals surface area contributed by atoms with Gasteiger partial charge in [0.25, 0.3) is 0 Å². The summed E-state index contributed by atoms with van der Waals surface area (Å²) < 4.78 is 1.01. The highest BCUT2D eigenvalue weighted by Crippen LogP contribution is 2.21. The van der Waals surface area contributed by atoms with Gasteiger partial charge in [0.2, 0.25) is 0 Å².